The minimum absolute atomic E-state index is 0.828. The summed E-state index contributed by atoms with van der Waals surface area (Å²) in [5.41, 5.74) is 10.1. The standard InChI is InChI=1S/C15H15N3S/c1-11-5-6-14(13(16)8-11)19-10-12-9-18-7-3-2-4-15(18)17-12/h2-9H,10,16H2,1H3. The van der Waals surface area contributed by atoms with E-state index >= 15 is 0 Å². The Morgan fingerprint density at radius 1 is 1.26 bits per heavy atom. The molecule has 0 fully saturated rings. The highest BCUT2D eigenvalue weighted by Crippen LogP contribution is 2.28. The highest BCUT2D eigenvalue weighted by Gasteiger charge is 2.04. The Hall–Kier alpha value is -1.94. The van der Waals surface area contributed by atoms with Crippen LogP contribution in [-0.4, -0.2) is 9.38 Å². The number of hydrogen-bond donors (Lipinski definition) is 1. The molecule has 0 aliphatic carbocycles. The Labute approximate surface area is 116 Å². The summed E-state index contributed by atoms with van der Waals surface area (Å²) in [5.74, 6) is 0.828. The van der Waals surface area contributed by atoms with Crippen LogP contribution >= 0.6 is 11.8 Å². The molecule has 2 aromatic heterocycles. The van der Waals surface area contributed by atoms with Gasteiger partial charge in [-0.3, -0.25) is 0 Å². The number of imidazole rings is 1. The monoisotopic (exact) mass is 269 g/mol. The number of benzene rings is 1. The molecule has 0 radical (unpaired) electrons. The molecule has 3 nitrogen and oxygen atoms in total. The van der Waals surface area contributed by atoms with Crippen molar-refractivity contribution in [1.29, 1.82) is 0 Å². The fourth-order valence-corrected chi connectivity index (χ4v) is 2.84. The Balaban J connectivity index is 1.78. The average molecular weight is 269 g/mol. The zero-order valence-corrected chi connectivity index (χ0v) is 11.5. The van der Waals surface area contributed by atoms with Crippen LogP contribution in [0.25, 0.3) is 5.65 Å². The van der Waals surface area contributed by atoms with E-state index in [0.29, 0.717) is 0 Å². The van der Waals surface area contributed by atoms with E-state index < -0.39 is 0 Å². The van der Waals surface area contributed by atoms with Crippen molar-refractivity contribution in [3.63, 3.8) is 0 Å². The van der Waals surface area contributed by atoms with Crippen LogP contribution in [0.1, 0.15) is 11.3 Å². The Bertz CT molecular complexity index is 685. The number of fused-ring (bicyclic) bond motifs is 1. The van der Waals surface area contributed by atoms with Gasteiger partial charge in [0.05, 0.1) is 5.69 Å². The van der Waals surface area contributed by atoms with Crippen molar-refractivity contribution in [2.45, 2.75) is 17.6 Å². The van der Waals surface area contributed by atoms with Gasteiger partial charge in [-0.25, -0.2) is 4.98 Å². The van der Waals surface area contributed by atoms with Crippen LogP contribution in [-0.2, 0) is 5.75 Å². The van der Waals surface area contributed by atoms with Gasteiger partial charge in [-0.05, 0) is 36.8 Å². The second kappa shape index (κ2) is 4.97. The number of aryl methyl sites for hydroxylation is 1. The molecule has 0 amide bonds. The van der Waals surface area contributed by atoms with Crippen LogP contribution in [0.5, 0.6) is 0 Å². The number of anilines is 1. The lowest BCUT2D eigenvalue weighted by atomic mass is 10.2. The molecular weight excluding hydrogens is 254 g/mol. The molecule has 0 aliphatic rings. The number of nitrogen functional groups attached to an aromatic ring is 1. The number of pyridine rings is 1. The maximum atomic E-state index is 6.01. The number of thioether (sulfide) groups is 1. The van der Waals surface area contributed by atoms with Crippen LogP contribution in [0.3, 0.4) is 0 Å². The van der Waals surface area contributed by atoms with Gasteiger partial charge in [0.25, 0.3) is 0 Å². The molecule has 0 spiro atoms. The predicted molar refractivity (Wildman–Crippen MR) is 80.3 cm³/mol. The molecule has 19 heavy (non-hydrogen) atoms. The maximum absolute atomic E-state index is 6.01. The fraction of sp³-hybridized carbons (Fsp3) is 0.133. The summed E-state index contributed by atoms with van der Waals surface area (Å²) in [6, 6.07) is 12.2. The molecule has 0 saturated heterocycles. The van der Waals surface area contributed by atoms with Crippen LogP contribution in [0, 0.1) is 6.92 Å². The van der Waals surface area contributed by atoms with Crippen molar-refractivity contribution in [3.05, 3.63) is 60.0 Å². The number of aromatic nitrogens is 2. The number of hydrogen-bond acceptors (Lipinski definition) is 3. The van der Waals surface area contributed by atoms with Crippen molar-refractivity contribution >= 4 is 23.1 Å². The normalized spacial score (nSPS) is 11.0. The number of rotatable bonds is 3. The van der Waals surface area contributed by atoms with Crippen molar-refractivity contribution in [3.8, 4) is 0 Å². The highest BCUT2D eigenvalue weighted by atomic mass is 32.2. The predicted octanol–water partition coefficient (Wildman–Crippen LogP) is 3.52. The molecule has 0 bridgehead atoms. The number of nitrogens with zero attached hydrogens (tertiary/aromatic N) is 2. The minimum Gasteiger partial charge on any atom is -0.398 e. The van der Waals surface area contributed by atoms with Crippen molar-refractivity contribution < 1.29 is 0 Å². The summed E-state index contributed by atoms with van der Waals surface area (Å²) in [4.78, 5) is 5.69. The van der Waals surface area contributed by atoms with Gasteiger partial charge >= 0.3 is 0 Å². The number of nitrogens with two attached hydrogens (primary N) is 1. The van der Waals surface area contributed by atoms with Gasteiger partial charge in [0.15, 0.2) is 0 Å². The topological polar surface area (TPSA) is 43.3 Å². The molecule has 2 N–H and O–H groups in total. The second-order valence-electron chi connectivity index (χ2n) is 4.53. The van der Waals surface area contributed by atoms with E-state index in [1.165, 1.54) is 5.56 Å². The zero-order chi connectivity index (χ0) is 13.2. The first-order chi connectivity index (χ1) is 9.22. The van der Waals surface area contributed by atoms with Crippen molar-refractivity contribution in [2.24, 2.45) is 0 Å². The van der Waals surface area contributed by atoms with E-state index in [2.05, 4.69) is 23.3 Å². The smallest absolute Gasteiger partial charge is 0.137 e. The van der Waals surface area contributed by atoms with Crippen LogP contribution in [0.15, 0.2) is 53.7 Å². The van der Waals surface area contributed by atoms with E-state index in [-0.39, 0.29) is 0 Å². The maximum Gasteiger partial charge on any atom is 0.137 e. The van der Waals surface area contributed by atoms with Gasteiger partial charge in [0.2, 0.25) is 0 Å². The average Bonchev–Trinajstić information content (AvgIpc) is 2.80. The fourth-order valence-electron chi connectivity index (χ4n) is 2.01. The lowest BCUT2D eigenvalue weighted by Gasteiger charge is -2.04. The van der Waals surface area contributed by atoms with Gasteiger partial charge < -0.3 is 10.1 Å². The summed E-state index contributed by atoms with van der Waals surface area (Å²) in [6.45, 7) is 2.05. The second-order valence-corrected chi connectivity index (χ2v) is 5.55. The SMILES string of the molecule is Cc1ccc(SCc2cn3ccccc3n2)c(N)c1. The first kappa shape index (κ1) is 12.1. The molecule has 0 atom stereocenters. The molecule has 3 rings (SSSR count). The van der Waals surface area contributed by atoms with Gasteiger partial charge in [-0.15, -0.1) is 11.8 Å². The summed E-state index contributed by atoms with van der Waals surface area (Å²) < 4.78 is 2.04. The van der Waals surface area contributed by atoms with Gasteiger partial charge in [0.1, 0.15) is 5.65 Å². The van der Waals surface area contributed by atoms with Gasteiger partial charge in [-0.2, -0.15) is 0 Å². The quantitative estimate of drug-likeness (QED) is 0.584. The van der Waals surface area contributed by atoms with Gasteiger partial charge in [0, 0.05) is 28.7 Å². The molecule has 96 valence electrons. The summed E-state index contributed by atoms with van der Waals surface area (Å²) in [6.07, 6.45) is 4.07. The van der Waals surface area contributed by atoms with E-state index in [1.807, 2.05) is 41.8 Å². The first-order valence-corrected chi connectivity index (χ1v) is 7.12. The molecular formula is C15H15N3S. The summed E-state index contributed by atoms with van der Waals surface area (Å²) >= 11 is 1.72. The largest absolute Gasteiger partial charge is 0.398 e. The van der Waals surface area contributed by atoms with Crippen LogP contribution in [0.2, 0.25) is 0 Å². The third kappa shape index (κ3) is 2.58. The third-order valence-corrected chi connectivity index (χ3v) is 4.08. The lowest BCUT2D eigenvalue weighted by Crippen LogP contribution is -1.90. The Kier molecular flexibility index (Phi) is 3.17. The summed E-state index contributed by atoms with van der Waals surface area (Å²) in [7, 11) is 0. The molecule has 4 heteroatoms. The van der Waals surface area contributed by atoms with Crippen LogP contribution in [0.4, 0.5) is 5.69 Å². The van der Waals surface area contributed by atoms with E-state index in [9.17, 15) is 0 Å². The van der Waals surface area contributed by atoms with E-state index in [1.54, 1.807) is 11.8 Å². The Morgan fingerprint density at radius 3 is 2.95 bits per heavy atom. The third-order valence-electron chi connectivity index (χ3n) is 2.95. The lowest BCUT2D eigenvalue weighted by molar-refractivity contribution is 1.18. The van der Waals surface area contributed by atoms with Crippen LogP contribution < -0.4 is 5.73 Å². The van der Waals surface area contributed by atoms with E-state index in [4.69, 9.17) is 5.73 Å². The molecule has 0 unspecified atom stereocenters. The first-order valence-electron chi connectivity index (χ1n) is 6.14. The zero-order valence-electron chi connectivity index (χ0n) is 10.7. The molecule has 3 aromatic rings. The highest BCUT2D eigenvalue weighted by molar-refractivity contribution is 7.98. The molecule has 2 heterocycles. The minimum atomic E-state index is 0.828. The molecule has 0 aliphatic heterocycles. The molecule has 0 saturated carbocycles. The van der Waals surface area contributed by atoms with Gasteiger partial charge in [-0.1, -0.05) is 12.1 Å². The molecule has 1 aromatic carbocycles. The Morgan fingerprint density at radius 2 is 2.16 bits per heavy atom. The van der Waals surface area contributed by atoms with Crippen molar-refractivity contribution in [2.75, 3.05) is 5.73 Å². The van der Waals surface area contributed by atoms with Crippen molar-refractivity contribution in [1.82, 2.24) is 9.38 Å². The van der Waals surface area contributed by atoms with E-state index in [0.717, 1.165) is 27.7 Å². The summed E-state index contributed by atoms with van der Waals surface area (Å²) in [5, 5.41) is 0.